The second kappa shape index (κ2) is 8.39. The van der Waals surface area contributed by atoms with E-state index in [9.17, 15) is 14.9 Å². The molecule has 8 heteroatoms. The summed E-state index contributed by atoms with van der Waals surface area (Å²) >= 11 is 0. The van der Waals surface area contributed by atoms with Gasteiger partial charge in [-0.3, -0.25) is 14.9 Å². The van der Waals surface area contributed by atoms with Crippen LogP contribution in [0.25, 0.3) is 11.3 Å². The maximum Gasteiger partial charge on any atom is 0.269 e. The molecule has 0 saturated heterocycles. The Kier molecular flexibility index (Phi) is 5.73. The van der Waals surface area contributed by atoms with Crippen molar-refractivity contribution in [1.29, 1.82) is 0 Å². The maximum absolute atomic E-state index is 13.0. The van der Waals surface area contributed by atoms with Gasteiger partial charge in [0.15, 0.2) is 11.5 Å². The molecule has 2 aromatic carbocycles. The SMILES string of the molecule is COc1cc(C(=O)c2cccc(-c3ccc([N+](=O)[O-])cc3)n2)cc(OC)c1OC. The van der Waals surface area contributed by atoms with E-state index in [1.807, 2.05) is 0 Å². The number of aromatic nitrogens is 1. The van der Waals surface area contributed by atoms with Crippen molar-refractivity contribution in [2.75, 3.05) is 21.3 Å². The molecule has 1 aromatic heterocycles. The molecule has 0 atom stereocenters. The average molecular weight is 394 g/mol. The molecule has 1 heterocycles. The molecule has 0 unspecified atom stereocenters. The molecule has 0 aliphatic heterocycles. The summed E-state index contributed by atoms with van der Waals surface area (Å²) in [5.74, 6) is 0.788. The molecule has 148 valence electrons. The van der Waals surface area contributed by atoms with Crippen LogP contribution in [-0.2, 0) is 0 Å². The van der Waals surface area contributed by atoms with E-state index >= 15 is 0 Å². The van der Waals surface area contributed by atoms with E-state index in [-0.39, 0.29) is 17.2 Å². The molecular weight excluding hydrogens is 376 g/mol. The van der Waals surface area contributed by atoms with Crippen LogP contribution in [0.2, 0.25) is 0 Å². The fourth-order valence-electron chi connectivity index (χ4n) is 2.84. The Labute approximate surface area is 166 Å². The van der Waals surface area contributed by atoms with Gasteiger partial charge in [-0.15, -0.1) is 0 Å². The summed E-state index contributed by atoms with van der Waals surface area (Å²) in [6, 6.07) is 14.1. The molecule has 0 N–H and O–H groups in total. The van der Waals surface area contributed by atoms with Crippen LogP contribution in [0.3, 0.4) is 0 Å². The third-order valence-corrected chi connectivity index (χ3v) is 4.28. The third-order valence-electron chi connectivity index (χ3n) is 4.28. The standard InChI is InChI=1S/C21H18N2O6/c1-27-18-11-14(12-19(28-2)21(18)29-3)20(24)17-6-4-5-16(22-17)13-7-9-15(10-8-13)23(25)26/h4-12H,1-3H3. The lowest BCUT2D eigenvalue weighted by molar-refractivity contribution is -0.384. The first-order valence-corrected chi connectivity index (χ1v) is 8.55. The number of pyridine rings is 1. The zero-order chi connectivity index (χ0) is 21.0. The molecule has 3 aromatic rings. The van der Waals surface area contributed by atoms with Crippen LogP contribution in [0.5, 0.6) is 17.2 Å². The Morgan fingerprint density at radius 3 is 2.07 bits per heavy atom. The highest BCUT2D eigenvalue weighted by atomic mass is 16.6. The summed E-state index contributed by atoms with van der Waals surface area (Å²) in [6.07, 6.45) is 0. The lowest BCUT2D eigenvalue weighted by Crippen LogP contribution is -2.06. The summed E-state index contributed by atoms with van der Waals surface area (Å²) < 4.78 is 15.9. The molecule has 0 fully saturated rings. The van der Waals surface area contributed by atoms with E-state index < -0.39 is 4.92 Å². The first-order valence-electron chi connectivity index (χ1n) is 8.55. The van der Waals surface area contributed by atoms with Gasteiger partial charge in [-0.1, -0.05) is 6.07 Å². The number of methoxy groups -OCH3 is 3. The number of nitro groups is 1. The van der Waals surface area contributed by atoms with Crippen molar-refractivity contribution in [2.45, 2.75) is 0 Å². The molecule has 0 aliphatic rings. The van der Waals surface area contributed by atoms with Gasteiger partial charge in [-0.25, -0.2) is 4.98 Å². The van der Waals surface area contributed by atoms with Crippen LogP contribution in [0, 0.1) is 10.1 Å². The number of nitro benzene ring substituents is 1. The van der Waals surface area contributed by atoms with Crippen LogP contribution >= 0.6 is 0 Å². The lowest BCUT2D eigenvalue weighted by Gasteiger charge is -2.13. The number of hydrogen-bond donors (Lipinski definition) is 0. The van der Waals surface area contributed by atoms with Gasteiger partial charge in [0.25, 0.3) is 5.69 Å². The second-order valence-electron chi connectivity index (χ2n) is 5.96. The van der Waals surface area contributed by atoms with E-state index in [2.05, 4.69) is 4.98 Å². The van der Waals surface area contributed by atoms with Gasteiger partial charge in [0.2, 0.25) is 11.5 Å². The predicted molar refractivity (Wildman–Crippen MR) is 106 cm³/mol. The largest absolute Gasteiger partial charge is 0.493 e. The predicted octanol–water partition coefficient (Wildman–Crippen LogP) is 3.91. The van der Waals surface area contributed by atoms with Crippen LogP contribution < -0.4 is 14.2 Å². The minimum Gasteiger partial charge on any atom is -0.493 e. The number of carbonyl (C=O) groups is 1. The van der Waals surface area contributed by atoms with Crippen molar-refractivity contribution < 1.29 is 23.9 Å². The van der Waals surface area contributed by atoms with Gasteiger partial charge in [0, 0.05) is 23.3 Å². The van der Waals surface area contributed by atoms with Gasteiger partial charge in [-0.2, -0.15) is 0 Å². The number of benzene rings is 2. The van der Waals surface area contributed by atoms with Crippen molar-refractivity contribution in [1.82, 2.24) is 4.98 Å². The van der Waals surface area contributed by atoms with Crippen molar-refractivity contribution in [3.05, 3.63) is 76.0 Å². The summed E-state index contributed by atoms with van der Waals surface area (Å²) in [7, 11) is 4.43. The quantitative estimate of drug-likeness (QED) is 0.340. The number of ether oxygens (including phenoxy) is 3. The molecule has 0 bridgehead atoms. The maximum atomic E-state index is 13.0. The van der Waals surface area contributed by atoms with Crippen LogP contribution in [0.15, 0.2) is 54.6 Å². The second-order valence-corrected chi connectivity index (χ2v) is 5.96. The van der Waals surface area contributed by atoms with Crippen molar-refractivity contribution >= 4 is 11.5 Å². The first-order chi connectivity index (χ1) is 14.0. The fourth-order valence-corrected chi connectivity index (χ4v) is 2.84. The van der Waals surface area contributed by atoms with E-state index in [0.717, 1.165) is 0 Å². The molecule has 0 amide bonds. The number of ketones is 1. The third kappa shape index (κ3) is 4.01. The molecule has 0 aliphatic carbocycles. The van der Waals surface area contributed by atoms with E-state index in [4.69, 9.17) is 14.2 Å². The zero-order valence-corrected chi connectivity index (χ0v) is 16.0. The van der Waals surface area contributed by atoms with Crippen LogP contribution in [0.4, 0.5) is 5.69 Å². The number of hydrogen-bond acceptors (Lipinski definition) is 7. The number of non-ortho nitro benzene ring substituents is 1. The van der Waals surface area contributed by atoms with Crippen molar-refractivity contribution in [2.24, 2.45) is 0 Å². The normalized spacial score (nSPS) is 10.3. The number of carbonyl (C=O) groups excluding carboxylic acids is 1. The van der Waals surface area contributed by atoms with Crippen LogP contribution in [-0.4, -0.2) is 37.0 Å². The Morgan fingerprint density at radius 2 is 1.55 bits per heavy atom. The van der Waals surface area contributed by atoms with Gasteiger partial charge >= 0.3 is 0 Å². The summed E-state index contributed by atoms with van der Waals surface area (Å²) in [4.78, 5) is 27.8. The van der Waals surface area contributed by atoms with Gasteiger partial charge in [-0.05, 0) is 36.4 Å². The molecule has 8 nitrogen and oxygen atoms in total. The van der Waals surface area contributed by atoms with E-state index in [1.165, 1.54) is 33.5 Å². The minimum atomic E-state index is -0.471. The highest BCUT2D eigenvalue weighted by Gasteiger charge is 2.19. The highest BCUT2D eigenvalue weighted by molar-refractivity contribution is 6.08. The zero-order valence-electron chi connectivity index (χ0n) is 16.0. The molecule has 0 saturated carbocycles. The average Bonchev–Trinajstić information content (AvgIpc) is 2.77. The van der Waals surface area contributed by atoms with Gasteiger partial charge in [0.1, 0.15) is 5.69 Å². The Balaban J connectivity index is 1.98. The summed E-state index contributed by atoms with van der Waals surface area (Å²) in [5, 5.41) is 10.8. The lowest BCUT2D eigenvalue weighted by atomic mass is 10.0. The molecule has 29 heavy (non-hydrogen) atoms. The summed E-state index contributed by atoms with van der Waals surface area (Å²) in [5.41, 5.74) is 1.72. The van der Waals surface area contributed by atoms with Gasteiger partial charge < -0.3 is 14.2 Å². The van der Waals surface area contributed by atoms with Crippen molar-refractivity contribution in [3.8, 4) is 28.5 Å². The molecule has 3 rings (SSSR count). The smallest absolute Gasteiger partial charge is 0.269 e. The van der Waals surface area contributed by atoms with Gasteiger partial charge in [0.05, 0.1) is 31.9 Å². The first kappa shape index (κ1) is 19.8. The van der Waals surface area contributed by atoms with Crippen molar-refractivity contribution in [3.63, 3.8) is 0 Å². The number of rotatable bonds is 7. The fraction of sp³-hybridized carbons (Fsp3) is 0.143. The Bertz CT molecular complexity index is 1040. The monoisotopic (exact) mass is 394 g/mol. The highest BCUT2D eigenvalue weighted by Crippen LogP contribution is 2.38. The topological polar surface area (TPSA) is 101 Å². The minimum absolute atomic E-state index is 0.0154. The molecule has 0 radical (unpaired) electrons. The molecule has 0 spiro atoms. The summed E-state index contributed by atoms with van der Waals surface area (Å²) in [6.45, 7) is 0. The van der Waals surface area contributed by atoms with E-state index in [0.29, 0.717) is 34.1 Å². The number of nitrogens with zero attached hydrogens (tertiary/aromatic N) is 2. The van der Waals surface area contributed by atoms with E-state index in [1.54, 1.807) is 42.5 Å². The molecular formula is C21H18N2O6. The Hall–Kier alpha value is -3.94. The Morgan fingerprint density at radius 1 is 0.931 bits per heavy atom. The van der Waals surface area contributed by atoms with Crippen LogP contribution in [0.1, 0.15) is 16.1 Å².